The molecule has 0 heterocycles. The highest BCUT2D eigenvalue weighted by atomic mass is 35.5. The van der Waals surface area contributed by atoms with E-state index in [1.165, 1.54) is 0 Å². The third kappa shape index (κ3) is 6.41. The van der Waals surface area contributed by atoms with E-state index in [9.17, 15) is 4.79 Å². The fourth-order valence-corrected chi connectivity index (χ4v) is 1.66. The highest BCUT2D eigenvalue weighted by Gasteiger charge is 2.07. The Labute approximate surface area is 119 Å². The van der Waals surface area contributed by atoms with Crippen molar-refractivity contribution >= 4 is 17.9 Å². The summed E-state index contributed by atoms with van der Waals surface area (Å²) in [5, 5.41) is 0.712. The average molecular weight is 283 g/mol. The molecule has 0 saturated carbocycles. The Hall–Kier alpha value is -1.32. The lowest BCUT2D eigenvalue weighted by Gasteiger charge is -2.14. The number of hydrogen-bond acceptors (Lipinski definition) is 3. The Balaban J connectivity index is 2.49. The summed E-state index contributed by atoms with van der Waals surface area (Å²) < 4.78 is 10.8. The fourth-order valence-electron chi connectivity index (χ4n) is 1.57. The maximum Gasteiger partial charge on any atom is 0.122 e. The molecular formula is C15H19ClO3. The number of rotatable bonds is 8. The Morgan fingerprint density at radius 3 is 2.53 bits per heavy atom. The standard InChI is InChI=1S/C15H19ClO3/c1-12(16)3-6-15(9-10-17)19-11-13-4-7-14(18-2)8-5-13/h3-5,7-8,10,15H,6,9,11H2,1-2H3/b12-3+/t15-/m0/s1. The molecule has 0 unspecified atom stereocenters. The second kappa shape index (κ2) is 8.73. The highest BCUT2D eigenvalue weighted by Crippen LogP contribution is 2.14. The van der Waals surface area contributed by atoms with E-state index in [4.69, 9.17) is 21.1 Å². The van der Waals surface area contributed by atoms with E-state index in [0.717, 1.165) is 17.6 Å². The molecule has 19 heavy (non-hydrogen) atoms. The maximum atomic E-state index is 10.6. The summed E-state index contributed by atoms with van der Waals surface area (Å²) in [6.45, 7) is 2.28. The van der Waals surface area contributed by atoms with Gasteiger partial charge in [-0.15, -0.1) is 0 Å². The van der Waals surface area contributed by atoms with Crippen molar-refractivity contribution in [1.82, 2.24) is 0 Å². The lowest BCUT2D eigenvalue weighted by molar-refractivity contribution is -0.110. The molecule has 1 aromatic carbocycles. The van der Waals surface area contributed by atoms with Crippen molar-refractivity contribution in [3.05, 3.63) is 40.9 Å². The predicted octanol–water partition coefficient (Wildman–Crippen LogP) is 3.70. The number of ether oxygens (including phenoxy) is 2. The minimum Gasteiger partial charge on any atom is -0.497 e. The van der Waals surface area contributed by atoms with Gasteiger partial charge in [0.15, 0.2) is 0 Å². The number of hydrogen-bond donors (Lipinski definition) is 0. The van der Waals surface area contributed by atoms with Gasteiger partial charge in [-0.05, 0) is 31.0 Å². The number of aldehydes is 1. The molecule has 104 valence electrons. The van der Waals surface area contributed by atoms with E-state index >= 15 is 0 Å². The van der Waals surface area contributed by atoms with Crippen molar-refractivity contribution in [2.24, 2.45) is 0 Å². The van der Waals surface area contributed by atoms with Crippen LogP contribution in [0.15, 0.2) is 35.4 Å². The van der Waals surface area contributed by atoms with Gasteiger partial charge in [-0.2, -0.15) is 0 Å². The van der Waals surface area contributed by atoms with Crippen LogP contribution in [0.2, 0.25) is 0 Å². The second-order valence-electron chi connectivity index (χ2n) is 4.21. The molecule has 0 bridgehead atoms. The minimum atomic E-state index is -0.131. The molecule has 4 heteroatoms. The molecule has 0 radical (unpaired) electrons. The molecule has 0 saturated heterocycles. The summed E-state index contributed by atoms with van der Waals surface area (Å²) in [6, 6.07) is 7.66. The van der Waals surface area contributed by atoms with Crippen LogP contribution in [0.3, 0.4) is 0 Å². The molecule has 0 aliphatic rings. The molecule has 1 atom stereocenters. The number of carbonyl (C=O) groups is 1. The summed E-state index contributed by atoms with van der Waals surface area (Å²) in [5.41, 5.74) is 1.04. The molecule has 0 spiro atoms. The monoisotopic (exact) mass is 282 g/mol. The minimum absolute atomic E-state index is 0.131. The van der Waals surface area contributed by atoms with E-state index < -0.39 is 0 Å². The van der Waals surface area contributed by atoms with Gasteiger partial charge in [0.05, 0.1) is 19.8 Å². The van der Waals surface area contributed by atoms with Gasteiger partial charge in [0.1, 0.15) is 12.0 Å². The van der Waals surface area contributed by atoms with Crippen molar-refractivity contribution in [3.8, 4) is 5.75 Å². The van der Waals surface area contributed by atoms with Crippen molar-refractivity contribution in [1.29, 1.82) is 0 Å². The van der Waals surface area contributed by atoms with Crippen LogP contribution in [-0.2, 0) is 16.1 Å². The summed E-state index contributed by atoms with van der Waals surface area (Å²) >= 11 is 5.78. The third-order valence-corrected chi connectivity index (χ3v) is 2.82. The highest BCUT2D eigenvalue weighted by molar-refractivity contribution is 6.29. The zero-order valence-electron chi connectivity index (χ0n) is 11.3. The first-order valence-corrected chi connectivity index (χ1v) is 6.54. The quantitative estimate of drug-likeness (QED) is 0.682. The van der Waals surface area contributed by atoms with E-state index in [0.29, 0.717) is 24.5 Å². The van der Waals surface area contributed by atoms with Crippen molar-refractivity contribution in [2.75, 3.05) is 7.11 Å². The molecule has 0 aromatic heterocycles. The van der Waals surface area contributed by atoms with Crippen LogP contribution in [0.25, 0.3) is 0 Å². The van der Waals surface area contributed by atoms with Crippen LogP contribution in [-0.4, -0.2) is 19.5 Å². The lowest BCUT2D eigenvalue weighted by Crippen LogP contribution is -2.12. The molecule has 0 fully saturated rings. The molecule has 0 aliphatic heterocycles. The summed E-state index contributed by atoms with van der Waals surface area (Å²) in [5.74, 6) is 0.814. The molecule has 1 aromatic rings. The van der Waals surface area contributed by atoms with E-state index in [-0.39, 0.29) is 6.10 Å². The van der Waals surface area contributed by atoms with Gasteiger partial charge in [0.25, 0.3) is 0 Å². The third-order valence-electron chi connectivity index (χ3n) is 2.67. The zero-order valence-corrected chi connectivity index (χ0v) is 12.0. The number of carbonyl (C=O) groups excluding carboxylic acids is 1. The molecule has 3 nitrogen and oxygen atoms in total. The maximum absolute atomic E-state index is 10.6. The van der Waals surface area contributed by atoms with Crippen LogP contribution in [0.5, 0.6) is 5.75 Å². The van der Waals surface area contributed by atoms with Crippen LogP contribution in [0.1, 0.15) is 25.3 Å². The van der Waals surface area contributed by atoms with E-state index in [2.05, 4.69) is 0 Å². The van der Waals surface area contributed by atoms with E-state index in [1.54, 1.807) is 7.11 Å². The first-order chi connectivity index (χ1) is 9.15. The number of halogens is 1. The first-order valence-electron chi connectivity index (χ1n) is 6.16. The first kappa shape index (κ1) is 15.7. The van der Waals surface area contributed by atoms with Gasteiger partial charge in [-0.3, -0.25) is 0 Å². The van der Waals surface area contributed by atoms with Crippen molar-refractivity contribution in [2.45, 2.75) is 32.5 Å². The van der Waals surface area contributed by atoms with Crippen LogP contribution >= 0.6 is 11.6 Å². The smallest absolute Gasteiger partial charge is 0.122 e. The molecule has 0 N–H and O–H groups in total. The Kier molecular flexibility index (Phi) is 7.23. The fraction of sp³-hybridized carbons (Fsp3) is 0.400. The number of methoxy groups -OCH3 is 1. The summed E-state index contributed by atoms with van der Waals surface area (Å²) in [6.07, 6.45) is 3.62. The Morgan fingerprint density at radius 2 is 2.00 bits per heavy atom. The topological polar surface area (TPSA) is 35.5 Å². The second-order valence-corrected chi connectivity index (χ2v) is 4.81. The van der Waals surface area contributed by atoms with Crippen molar-refractivity contribution < 1.29 is 14.3 Å². The van der Waals surface area contributed by atoms with Gasteiger partial charge >= 0.3 is 0 Å². The van der Waals surface area contributed by atoms with Gasteiger partial charge in [0, 0.05) is 11.5 Å². The van der Waals surface area contributed by atoms with Crippen molar-refractivity contribution in [3.63, 3.8) is 0 Å². The largest absolute Gasteiger partial charge is 0.497 e. The molecule has 0 amide bonds. The summed E-state index contributed by atoms with van der Waals surface area (Å²) in [7, 11) is 1.63. The van der Waals surface area contributed by atoms with Gasteiger partial charge in [0.2, 0.25) is 0 Å². The predicted molar refractivity (Wildman–Crippen MR) is 76.5 cm³/mol. The van der Waals surface area contributed by atoms with Crippen LogP contribution in [0, 0.1) is 0 Å². The molecule has 0 aliphatic carbocycles. The molecular weight excluding hydrogens is 264 g/mol. The van der Waals surface area contributed by atoms with Gasteiger partial charge in [-0.25, -0.2) is 0 Å². The average Bonchev–Trinajstić information content (AvgIpc) is 2.42. The number of allylic oxidation sites excluding steroid dienone is 1. The Morgan fingerprint density at radius 1 is 1.32 bits per heavy atom. The summed E-state index contributed by atoms with van der Waals surface area (Å²) in [4.78, 5) is 10.6. The SMILES string of the molecule is COc1ccc(CO[C@H](CC=O)C/C=C(\C)Cl)cc1. The molecule has 1 rings (SSSR count). The van der Waals surface area contributed by atoms with Crippen LogP contribution < -0.4 is 4.74 Å². The zero-order chi connectivity index (χ0) is 14.1. The van der Waals surface area contributed by atoms with E-state index in [1.807, 2.05) is 37.3 Å². The van der Waals surface area contributed by atoms with Crippen LogP contribution in [0.4, 0.5) is 0 Å². The number of benzene rings is 1. The Bertz CT molecular complexity index is 408. The normalized spacial score (nSPS) is 13.1. The lowest BCUT2D eigenvalue weighted by atomic mass is 10.2. The van der Waals surface area contributed by atoms with Gasteiger partial charge in [-0.1, -0.05) is 29.8 Å². The van der Waals surface area contributed by atoms with Gasteiger partial charge < -0.3 is 14.3 Å².